The summed E-state index contributed by atoms with van der Waals surface area (Å²) in [6.07, 6.45) is 2.96. The predicted octanol–water partition coefficient (Wildman–Crippen LogP) is 2.31. The van der Waals surface area contributed by atoms with Gasteiger partial charge in [0.25, 0.3) is 11.8 Å². The number of hydrogen-bond acceptors (Lipinski definition) is 4. The van der Waals surface area contributed by atoms with Crippen LogP contribution >= 0.6 is 15.9 Å². The zero-order valence-electron chi connectivity index (χ0n) is 12.3. The Morgan fingerprint density at radius 3 is 2.50 bits per heavy atom. The number of halogens is 1. The van der Waals surface area contributed by atoms with Crippen LogP contribution in [0.3, 0.4) is 0 Å². The maximum Gasteiger partial charge on any atom is 0.287 e. The van der Waals surface area contributed by atoms with Crippen molar-refractivity contribution in [2.75, 3.05) is 0 Å². The minimum absolute atomic E-state index is 0.238. The van der Waals surface area contributed by atoms with Gasteiger partial charge in [0, 0.05) is 22.4 Å². The van der Waals surface area contributed by atoms with Gasteiger partial charge in [0.2, 0.25) is 0 Å². The second-order valence-corrected chi connectivity index (χ2v) is 5.75. The molecule has 0 unspecified atom stereocenters. The molecular formula is C16H12BrN5O2. The number of benzene rings is 1. The van der Waals surface area contributed by atoms with E-state index in [9.17, 15) is 9.59 Å². The van der Waals surface area contributed by atoms with Gasteiger partial charge in [-0.15, -0.1) is 0 Å². The first-order valence-electron chi connectivity index (χ1n) is 6.95. The van der Waals surface area contributed by atoms with E-state index >= 15 is 0 Å². The number of carbonyl (C=O) groups excluding carboxylic acids is 2. The number of H-pyrrole nitrogens is 1. The monoisotopic (exact) mass is 385 g/mol. The van der Waals surface area contributed by atoms with E-state index in [-0.39, 0.29) is 5.69 Å². The zero-order chi connectivity index (χ0) is 16.9. The normalized spacial score (nSPS) is 10.2. The molecule has 0 saturated heterocycles. The van der Waals surface area contributed by atoms with Gasteiger partial charge >= 0.3 is 0 Å². The third-order valence-electron chi connectivity index (χ3n) is 3.15. The number of aromatic nitrogens is 3. The second kappa shape index (κ2) is 7.05. The lowest BCUT2D eigenvalue weighted by atomic mass is 10.1. The Kier molecular flexibility index (Phi) is 4.66. The van der Waals surface area contributed by atoms with Crippen LogP contribution < -0.4 is 10.9 Å². The molecule has 1 aromatic carbocycles. The van der Waals surface area contributed by atoms with Gasteiger partial charge in [-0.1, -0.05) is 30.3 Å². The molecule has 120 valence electrons. The average Bonchev–Trinajstić information content (AvgIpc) is 3.10. The van der Waals surface area contributed by atoms with Crippen LogP contribution in [0.2, 0.25) is 0 Å². The summed E-state index contributed by atoms with van der Waals surface area (Å²) >= 11 is 3.23. The number of nitrogens with zero attached hydrogens (tertiary/aromatic N) is 2. The van der Waals surface area contributed by atoms with E-state index < -0.39 is 11.8 Å². The Morgan fingerprint density at radius 1 is 1.00 bits per heavy atom. The van der Waals surface area contributed by atoms with Crippen molar-refractivity contribution >= 4 is 27.7 Å². The molecule has 0 radical (unpaired) electrons. The molecule has 8 heteroatoms. The van der Waals surface area contributed by atoms with Crippen LogP contribution in [0.5, 0.6) is 0 Å². The maximum atomic E-state index is 12.1. The number of nitrogens with one attached hydrogen (secondary N) is 3. The Balaban J connectivity index is 1.63. The van der Waals surface area contributed by atoms with Crippen LogP contribution in [0, 0.1) is 0 Å². The van der Waals surface area contributed by atoms with Crippen LogP contribution in [0.1, 0.15) is 20.8 Å². The average molecular weight is 386 g/mol. The Morgan fingerprint density at radius 2 is 1.75 bits per heavy atom. The first-order valence-corrected chi connectivity index (χ1v) is 7.75. The number of pyridine rings is 1. The van der Waals surface area contributed by atoms with Gasteiger partial charge in [-0.2, -0.15) is 5.10 Å². The molecule has 2 heterocycles. The number of hydrazine groups is 1. The minimum Gasteiger partial charge on any atom is -0.272 e. The highest BCUT2D eigenvalue weighted by atomic mass is 79.9. The lowest BCUT2D eigenvalue weighted by Gasteiger charge is -2.05. The number of hydrogen-bond donors (Lipinski definition) is 3. The highest BCUT2D eigenvalue weighted by Gasteiger charge is 2.13. The van der Waals surface area contributed by atoms with Crippen molar-refractivity contribution < 1.29 is 9.59 Å². The number of carbonyl (C=O) groups is 2. The molecule has 3 rings (SSSR count). The molecular weight excluding hydrogens is 374 g/mol. The standard InChI is InChI=1S/C16H12BrN5O2/c17-12-6-11(8-18-9-12)15(23)21-22-16(24)14-7-13(19-20-14)10-4-2-1-3-5-10/h1-9H,(H,19,20)(H,21,23)(H,22,24). The summed E-state index contributed by atoms with van der Waals surface area (Å²) in [5, 5.41) is 6.73. The Hall–Kier alpha value is -3.00. The van der Waals surface area contributed by atoms with Gasteiger partial charge in [-0.25, -0.2) is 0 Å². The van der Waals surface area contributed by atoms with E-state index in [0.717, 1.165) is 5.56 Å². The van der Waals surface area contributed by atoms with Gasteiger partial charge < -0.3 is 0 Å². The molecule has 24 heavy (non-hydrogen) atoms. The third kappa shape index (κ3) is 3.66. The van der Waals surface area contributed by atoms with Crippen LogP contribution in [-0.2, 0) is 0 Å². The van der Waals surface area contributed by atoms with E-state index in [1.54, 1.807) is 18.3 Å². The lowest BCUT2D eigenvalue weighted by molar-refractivity contribution is 0.0843. The van der Waals surface area contributed by atoms with Crippen molar-refractivity contribution in [3.63, 3.8) is 0 Å². The number of amides is 2. The molecule has 7 nitrogen and oxygen atoms in total. The van der Waals surface area contributed by atoms with Crippen molar-refractivity contribution in [3.05, 3.63) is 70.6 Å². The van der Waals surface area contributed by atoms with E-state index in [0.29, 0.717) is 15.7 Å². The van der Waals surface area contributed by atoms with Crippen molar-refractivity contribution in [1.82, 2.24) is 26.0 Å². The molecule has 0 aliphatic heterocycles. The summed E-state index contributed by atoms with van der Waals surface area (Å²) in [5.74, 6) is -0.971. The highest BCUT2D eigenvalue weighted by Crippen LogP contribution is 2.16. The molecule has 0 saturated carbocycles. The lowest BCUT2D eigenvalue weighted by Crippen LogP contribution is -2.41. The summed E-state index contributed by atoms with van der Waals surface area (Å²) in [4.78, 5) is 27.9. The van der Waals surface area contributed by atoms with Gasteiger partial charge in [0.15, 0.2) is 0 Å². The van der Waals surface area contributed by atoms with E-state index in [1.165, 1.54) is 6.20 Å². The summed E-state index contributed by atoms with van der Waals surface area (Å²) in [6, 6.07) is 12.7. The maximum absolute atomic E-state index is 12.1. The summed E-state index contributed by atoms with van der Waals surface area (Å²) < 4.78 is 0.669. The predicted molar refractivity (Wildman–Crippen MR) is 90.9 cm³/mol. The summed E-state index contributed by atoms with van der Waals surface area (Å²) in [6.45, 7) is 0. The van der Waals surface area contributed by atoms with Crippen LogP contribution in [0.4, 0.5) is 0 Å². The number of aromatic amines is 1. The molecule has 0 spiro atoms. The quantitative estimate of drug-likeness (QED) is 0.602. The van der Waals surface area contributed by atoms with E-state index in [2.05, 4.69) is 42.0 Å². The minimum atomic E-state index is -0.499. The molecule has 0 bridgehead atoms. The van der Waals surface area contributed by atoms with Crippen molar-refractivity contribution in [1.29, 1.82) is 0 Å². The second-order valence-electron chi connectivity index (χ2n) is 4.83. The molecule has 0 aliphatic rings. The fourth-order valence-electron chi connectivity index (χ4n) is 1.98. The molecule has 2 amide bonds. The van der Waals surface area contributed by atoms with E-state index in [4.69, 9.17) is 0 Å². The van der Waals surface area contributed by atoms with Gasteiger partial charge in [0.05, 0.1) is 11.3 Å². The zero-order valence-corrected chi connectivity index (χ0v) is 13.9. The van der Waals surface area contributed by atoms with Crippen LogP contribution in [0.15, 0.2) is 59.3 Å². The van der Waals surface area contributed by atoms with Gasteiger partial charge in [0.1, 0.15) is 5.69 Å². The fraction of sp³-hybridized carbons (Fsp3) is 0. The Labute approximate surface area is 145 Å². The SMILES string of the molecule is O=C(NNC(=O)c1cc(-c2ccccc2)n[nH]1)c1cncc(Br)c1. The number of rotatable bonds is 3. The topological polar surface area (TPSA) is 99.8 Å². The molecule has 0 aliphatic carbocycles. The first kappa shape index (κ1) is 15.9. The molecule has 0 atom stereocenters. The van der Waals surface area contributed by atoms with Crippen LogP contribution in [0.25, 0.3) is 11.3 Å². The summed E-state index contributed by atoms with van der Waals surface area (Å²) in [5.41, 5.74) is 6.74. The highest BCUT2D eigenvalue weighted by molar-refractivity contribution is 9.10. The largest absolute Gasteiger partial charge is 0.287 e. The molecule has 3 aromatic rings. The molecule has 3 N–H and O–H groups in total. The van der Waals surface area contributed by atoms with Crippen LogP contribution in [-0.4, -0.2) is 27.0 Å². The molecule has 0 fully saturated rings. The third-order valence-corrected chi connectivity index (χ3v) is 3.58. The summed E-state index contributed by atoms with van der Waals surface area (Å²) in [7, 11) is 0. The van der Waals surface area contributed by atoms with Gasteiger partial charge in [-0.3, -0.25) is 30.5 Å². The molecule has 2 aromatic heterocycles. The smallest absolute Gasteiger partial charge is 0.272 e. The van der Waals surface area contributed by atoms with E-state index in [1.807, 2.05) is 30.3 Å². The van der Waals surface area contributed by atoms with Gasteiger partial charge in [-0.05, 0) is 28.1 Å². The van der Waals surface area contributed by atoms with Crippen molar-refractivity contribution in [2.24, 2.45) is 0 Å². The Bertz CT molecular complexity index is 879. The van der Waals surface area contributed by atoms with Crippen molar-refractivity contribution in [2.45, 2.75) is 0 Å². The van der Waals surface area contributed by atoms with Crippen molar-refractivity contribution in [3.8, 4) is 11.3 Å². The fourth-order valence-corrected chi connectivity index (χ4v) is 2.35. The first-order chi connectivity index (χ1) is 11.6.